The molecule has 0 amide bonds. The van der Waals surface area contributed by atoms with E-state index in [-0.39, 0.29) is 0 Å². The molecule has 0 saturated carbocycles. The van der Waals surface area contributed by atoms with Crippen LogP contribution in [-0.4, -0.2) is 6.61 Å². The third-order valence-corrected chi connectivity index (χ3v) is 3.25. The molecule has 0 radical (unpaired) electrons. The lowest BCUT2D eigenvalue weighted by atomic mass is 10.2. The van der Waals surface area contributed by atoms with E-state index in [9.17, 15) is 0 Å². The number of ether oxygens (including phenoxy) is 1. The molecule has 0 fully saturated rings. The van der Waals surface area contributed by atoms with E-state index in [1.54, 1.807) is 6.08 Å². The van der Waals surface area contributed by atoms with E-state index in [1.807, 2.05) is 49.4 Å². The average molecular weight is 288 g/mol. The van der Waals surface area contributed by atoms with E-state index in [4.69, 9.17) is 16.3 Å². The van der Waals surface area contributed by atoms with Crippen molar-refractivity contribution in [1.82, 2.24) is 0 Å². The highest BCUT2D eigenvalue weighted by Crippen LogP contribution is 2.25. The van der Waals surface area contributed by atoms with Crippen LogP contribution in [0.5, 0.6) is 5.75 Å². The number of halogens is 1. The average Bonchev–Trinajstić information content (AvgIpc) is 2.47. The molecule has 0 saturated heterocycles. The van der Waals surface area contributed by atoms with Crippen molar-refractivity contribution in [3.63, 3.8) is 0 Å². The summed E-state index contributed by atoms with van der Waals surface area (Å²) in [5.74, 6) is 0.865. The minimum Gasteiger partial charge on any atom is -0.489 e. The third kappa shape index (κ3) is 3.78. The van der Waals surface area contributed by atoms with Gasteiger partial charge in [0.1, 0.15) is 12.4 Å². The molecule has 2 aromatic rings. The van der Waals surface area contributed by atoms with Gasteiger partial charge in [-0.3, -0.25) is 0 Å². The van der Waals surface area contributed by atoms with Gasteiger partial charge in [0.05, 0.1) is 10.7 Å². The Balaban J connectivity index is 2.10. The van der Waals surface area contributed by atoms with Gasteiger partial charge in [-0.15, -0.1) is 0 Å². The van der Waals surface area contributed by atoms with E-state index >= 15 is 0 Å². The Kier molecular flexibility index (Phi) is 5.08. The van der Waals surface area contributed by atoms with Crippen molar-refractivity contribution in [2.75, 3.05) is 11.9 Å². The van der Waals surface area contributed by atoms with Gasteiger partial charge in [0.15, 0.2) is 0 Å². The number of hydrogen-bond acceptors (Lipinski definition) is 2. The highest BCUT2D eigenvalue weighted by Gasteiger charge is 2.04. The highest BCUT2D eigenvalue weighted by molar-refractivity contribution is 6.33. The molecule has 0 unspecified atom stereocenters. The van der Waals surface area contributed by atoms with Gasteiger partial charge in [0.25, 0.3) is 0 Å². The summed E-state index contributed by atoms with van der Waals surface area (Å²) in [5, 5.41) is 4.07. The molecule has 0 aliphatic rings. The number of nitrogens with one attached hydrogen (secondary N) is 1. The van der Waals surface area contributed by atoms with Crippen LogP contribution in [0.25, 0.3) is 0 Å². The number of aryl methyl sites for hydroxylation is 1. The predicted octanol–water partition coefficient (Wildman–Crippen LogP) is 4.83. The lowest BCUT2D eigenvalue weighted by Crippen LogP contribution is -2.04. The molecule has 104 valence electrons. The predicted molar refractivity (Wildman–Crippen MR) is 85.6 cm³/mol. The first kappa shape index (κ1) is 14.5. The Bertz CT molecular complexity index is 595. The molecule has 20 heavy (non-hydrogen) atoms. The molecular weight excluding hydrogens is 270 g/mol. The Morgan fingerprint density at radius 1 is 1.25 bits per heavy atom. The summed E-state index contributed by atoms with van der Waals surface area (Å²) in [6.45, 7) is 6.87. The van der Waals surface area contributed by atoms with Gasteiger partial charge >= 0.3 is 0 Å². The summed E-state index contributed by atoms with van der Waals surface area (Å²) < 4.78 is 5.64. The zero-order chi connectivity index (χ0) is 14.4. The second kappa shape index (κ2) is 7.01. The summed E-state index contributed by atoms with van der Waals surface area (Å²) in [7, 11) is 0. The zero-order valence-electron chi connectivity index (χ0n) is 11.5. The van der Waals surface area contributed by atoms with Crippen LogP contribution in [0.15, 0.2) is 55.1 Å². The summed E-state index contributed by atoms with van der Waals surface area (Å²) in [6, 6.07) is 13.9. The summed E-state index contributed by atoms with van der Waals surface area (Å²) >= 11 is 6.18. The van der Waals surface area contributed by atoms with E-state index < -0.39 is 0 Å². The summed E-state index contributed by atoms with van der Waals surface area (Å²) in [4.78, 5) is 0. The molecule has 1 N–H and O–H groups in total. The van der Waals surface area contributed by atoms with Gasteiger partial charge in [0, 0.05) is 12.1 Å². The van der Waals surface area contributed by atoms with Crippen molar-refractivity contribution < 1.29 is 4.74 Å². The van der Waals surface area contributed by atoms with Crippen molar-refractivity contribution in [2.24, 2.45) is 0 Å². The van der Waals surface area contributed by atoms with Crippen LogP contribution in [0.2, 0.25) is 5.02 Å². The monoisotopic (exact) mass is 287 g/mol. The fraction of sp³-hybridized carbons (Fsp3) is 0.176. The van der Waals surface area contributed by atoms with Gasteiger partial charge in [0.2, 0.25) is 0 Å². The lowest BCUT2D eigenvalue weighted by Gasteiger charge is -2.13. The molecule has 2 aromatic carbocycles. The largest absolute Gasteiger partial charge is 0.489 e. The smallest absolute Gasteiger partial charge is 0.124 e. The fourth-order valence-corrected chi connectivity index (χ4v) is 2.09. The van der Waals surface area contributed by atoms with E-state index in [2.05, 4.69) is 11.9 Å². The van der Waals surface area contributed by atoms with Gasteiger partial charge in [-0.1, -0.05) is 48.5 Å². The van der Waals surface area contributed by atoms with Crippen LogP contribution in [0.3, 0.4) is 0 Å². The van der Waals surface area contributed by atoms with Crippen LogP contribution in [0, 0.1) is 6.92 Å². The van der Waals surface area contributed by atoms with E-state index in [1.165, 1.54) is 5.56 Å². The minimum atomic E-state index is 0.502. The molecule has 0 bridgehead atoms. The highest BCUT2D eigenvalue weighted by atomic mass is 35.5. The molecule has 2 rings (SSSR count). The molecule has 0 aliphatic carbocycles. The summed E-state index contributed by atoms with van der Waals surface area (Å²) in [5.41, 5.74) is 3.20. The Labute approximate surface area is 125 Å². The van der Waals surface area contributed by atoms with Crippen molar-refractivity contribution >= 4 is 17.3 Å². The number of para-hydroxylation sites is 1. The number of rotatable bonds is 6. The number of anilines is 1. The Hall–Kier alpha value is -1.93. The second-order valence-electron chi connectivity index (χ2n) is 4.54. The Morgan fingerprint density at radius 3 is 2.85 bits per heavy atom. The normalized spacial score (nSPS) is 10.1. The number of hydrogen-bond donors (Lipinski definition) is 1. The van der Waals surface area contributed by atoms with Crippen molar-refractivity contribution in [3.05, 3.63) is 71.3 Å². The fourth-order valence-electron chi connectivity index (χ4n) is 1.90. The van der Waals surface area contributed by atoms with Crippen molar-refractivity contribution in [2.45, 2.75) is 13.5 Å². The first-order valence-corrected chi connectivity index (χ1v) is 6.90. The van der Waals surface area contributed by atoms with Gasteiger partial charge in [-0.05, 0) is 30.7 Å². The maximum Gasteiger partial charge on any atom is 0.124 e. The van der Waals surface area contributed by atoms with Crippen LogP contribution in [0.1, 0.15) is 11.1 Å². The molecule has 0 aromatic heterocycles. The second-order valence-corrected chi connectivity index (χ2v) is 4.95. The summed E-state index contributed by atoms with van der Waals surface area (Å²) in [6.07, 6.45) is 1.74. The van der Waals surface area contributed by atoms with Crippen molar-refractivity contribution in [1.29, 1.82) is 0 Å². The SMILES string of the molecule is C=CCOc1ccccc1CNc1cc(C)ccc1Cl. The standard InChI is InChI=1S/C17H18ClNO/c1-3-10-20-17-7-5-4-6-14(17)12-19-16-11-13(2)8-9-15(16)18/h3-9,11,19H,1,10,12H2,2H3. The van der Waals surface area contributed by atoms with Crippen LogP contribution in [0.4, 0.5) is 5.69 Å². The molecule has 3 heteroatoms. The maximum atomic E-state index is 6.18. The van der Waals surface area contributed by atoms with Crippen LogP contribution >= 0.6 is 11.6 Å². The van der Waals surface area contributed by atoms with E-state index in [0.29, 0.717) is 13.2 Å². The molecule has 0 aliphatic heterocycles. The zero-order valence-corrected chi connectivity index (χ0v) is 12.3. The van der Waals surface area contributed by atoms with E-state index in [0.717, 1.165) is 22.0 Å². The van der Waals surface area contributed by atoms with Gasteiger partial charge < -0.3 is 10.1 Å². The quantitative estimate of drug-likeness (QED) is 0.769. The third-order valence-electron chi connectivity index (χ3n) is 2.92. The molecular formula is C17H18ClNO. The minimum absolute atomic E-state index is 0.502. The maximum absolute atomic E-state index is 6.18. The molecule has 0 heterocycles. The Morgan fingerprint density at radius 2 is 2.05 bits per heavy atom. The lowest BCUT2D eigenvalue weighted by molar-refractivity contribution is 0.359. The van der Waals surface area contributed by atoms with Crippen LogP contribution in [-0.2, 0) is 6.54 Å². The van der Waals surface area contributed by atoms with Crippen molar-refractivity contribution in [3.8, 4) is 5.75 Å². The van der Waals surface area contributed by atoms with Gasteiger partial charge in [-0.2, -0.15) is 0 Å². The van der Waals surface area contributed by atoms with Gasteiger partial charge in [-0.25, -0.2) is 0 Å². The molecule has 0 atom stereocenters. The molecule has 0 spiro atoms. The first-order valence-electron chi connectivity index (χ1n) is 6.52. The molecule has 2 nitrogen and oxygen atoms in total. The topological polar surface area (TPSA) is 21.3 Å². The number of benzene rings is 2. The first-order chi connectivity index (χ1) is 9.70. The van der Waals surface area contributed by atoms with Crippen LogP contribution < -0.4 is 10.1 Å².